The molecular formula is C24H32F5N5O3. The van der Waals surface area contributed by atoms with Gasteiger partial charge in [0, 0.05) is 51.5 Å². The second-order valence-corrected chi connectivity index (χ2v) is 10.5. The van der Waals surface area contributed by atoms with Gasteiger partial charge in [-0.25, -0.2) is 18.7 Å². The largest absolute Gasteiger partial charge is 0.433 e. The van der Waals surface area contributed by atoms with Crippen molar-refractivity contribution in [2.75, 3.05) is 38.3 Å². The van der Waals surface area contributed by atoms with E-state index in [2.05, 4.69) is 15.3 Å². The highest BCUT2D eigenvalue weighted by atomic mass is 19.4. The van der Waals surface area contributed by atoms with E-state index in [-0.39, 0.29) is 68.7 Å². The zero-order valence-electron chi connectivity index (χ0n) is 21.3. The second-order valence-electron chi connectivity index (χ2n) is 10.5. The number of hydrogen-bond acceptors (Lipinski definition) is 7. The Bertz CT molecular complexity index is 1000. The summed E-state index contributed by atoms with van der Waals surface area (Å²) < 4.78 is 85.2. The van der Waals surface area contributed by atoms with Crippen molar-refractivity contribution in [3.05, 3.63) is 18.0 Å². The van der Waals surface area contributed by atoms with E-state index >= 15 is 0 Å². The molecule has 3 saturated heterocycles. The van der Waals surface area contributed by atoms with Crippen molar-refractivity contribution >= 4 is 11.9 Å². The van der Waals surface area contributed by atoms with E-state index in [0.717, 1.165) is 12.3 Å². The summed E-state index contributed by atoms with van der Waals surface area (Å²) in [6.07, 6.45) is -4.63. The average molecular weight is 535 g/mol. The first-order chi connectivity index (χ1) is 18.1. The number of carbonyl (C=O) groups excluding carboxylic acids is 1. The Morgan fingerprint density at radius 3 is 2.89 bits per heavy atom. The fraction of sp³-hybridized carbons (Fsp3) is 0.792. The maximum absolute atomic E-state index is 13.8. The lowest BCUT2D eigenvalue weighted by Crippen LogP contribution is -2.54. The summed E-state index contributed by atoms with van der Waals surface area (Å²) in [5.41, 5.74) is -2.23. The van der Waals surface area contributed by atoms with E-state index < -0.39 is 30.1 Å². The summed E-state index contributed by atoms with van der Waals surface area (Å²) in [6.45, 7) is 1.39. The van der Waals surface area contributed by atoms with Crippen LogP contribution in [0.3, 0.4) is 0 Å². The third kappa shape index (κ3) is 5.26. The van der Waals surface area contributed by atoms with E-state index in [1.165, 1.54) is 0 Å². The minimum Gasteiger partial charge on any atom is -0.379 e. The van der Waals surface area contributed by atoms with Crippen LogP contribution in [0.5, 0.6) is 0 Å². The molecule has 6 atom stereocenters. The fourth-order valence-corrected chi connectivity index (χ4v) is 6.51. The van der Waals surface area contributed by atoms with Gasteiger partial charge in [0.15, 0.2) is 0 Å². The van der Waals surface area contributed by atoms with Crippen molar-refractivity contribution in [3.63, 3.8) is 0 Å². The molecule has 1 aromatic rings. The van der Waals surface area contributed by atoms with Crippen molar-refractivity contribution in [1.82, 2.24) is 20.2 Å². The van der Waals surface area contributed by atoms with Gasteiger partial charge in [-0.15, -0.1) is 0 Å². The van der Waals surface area contributed by atoms with Crippen molar-refractivity contribution < 1.29 is 37.6 Å². The van der Waals surface area contributed by atoms with Crippen LogP contribution in [0, 0.1) is 5.41 Å². The number of methoxy groups -OCH3 is 1. The molecule has 8 nitrogen and oxygen atoms in total. The molecule has 4 aliphatic rings. The molecule has 5 rings (SSSR count). The van der Waals surface area contributed by atoms with Gasteiger partial charge < -0.3 is 24.6 Å². The highest BCUT2D eigenvalue weighted by molar-refractivity contribution is 5.84. The molecule has 4 heterocycles. The van der Waals surface area contributed by atoms with Crippen molar-refractivity contribution in [1.29, 1.82) is 0 Å². The van der Waals surface area contributed by atoms with Crippen LogP contribution < -0.4 is 10.2 Å². The second kappa shape index (κ2) is 10.2. The van der Waals surface area contributed by atoms with Gasteiger partial charge in [-0.05, 0) is 38.2 Å². The lowest BCUT2D eigenvalue weighted by Gasteiger charge is -2.40. The number of hydrogen-bond donors (Lipinski definition) is 1. The number of ether oxygens (including phenoxy) is 2. The number of likely N-dealkylation sites (tertiary alicyclic amines) is 1. The SMILES string of the molecule is [2H]CO[C@@H]1COCC[C@@H]1N[C@@H]1CC[C@](CC(F)F)(C(=O)N2C[C@@H]3C[C@H]2CN3c2nccc(C(F)(F)F)n2)C1. The van der Waals surface area contributed by atoms with Crippen molar-refractivity contribution in [3.8, 4) is 0 Å². The number of alkyl halides is 5. The Morgan fingerprint density at radius 1 is 1.35 bits per heavy atom. The van der Waals surface area contributed by atoms with E-state index in [1.54, 1.807) is 9.80 Å². The average Bonchev–Trinajstić information content (AvgIpc) is 3.59. The van der Waals surface area contributed by atoms with Gasteiger partial charge in [0.05, 0.1) is 31.6 Å². The molecular weight excluding hydrogens is 501 g/mol. The summed E-state index contributed by atoms with van der Waals surface area (Å²) in [7, 11) is -0.204. The number of fused-ring (bicyclic) bond motifs is 2. The van der Waals surface area contributed by atoms with Crippen LogP contribution in [0.25, 0.3) is 0 Å². The molecule has 206 valence electrons. The Kier molecular flexibility index (Phi) is 6.95. The third-order valence-corrected chi connectivity index (χ3v) is 8.27. The lowest BCUT2D eigenvalue weighted by atomic mass is 9.80. The van der Waals surface area contributed by atoms with Crippen LogP contribution in [0.1, 0.15) is 45.6 Å². The predicted octanol–water partition coefficient (Wildman–Crippen LogP) is 2.87. The number of rotatable bonds is 7. The molecule has 1 aromatic heterocycles. The molecule has 1 saturated carbocycles. The molecule has 13 heteroatoms. The van der Waals surface area contributed by atoms with E-state index in [0.29, 0.717) is 38.9 Å². The molecule has 37 heavy (non-hydrogen) atoms. The van der Waals surface area contributed by atoms with Crippen LogP contribution in [-0.2, 0) is 20.4 Å². The third-order valence-electron chi connectivity index (χ3n) is 8.27. The van der Waals surface area contributed by atoms with E-state index in [1.807, 2.05) is 0 Å². The highest BCUT2D eigenvalue weighted by Crippen LogP contribution is 2.47. The molecule has 0 aromatic carbocycles. The predicted molar refractivity (Wildman–Crippen MR) is 122 cm³/mol. The van der Waals surface area contributed by atoms with Gasteiger partial charge in [-0.2, -0.15) is 13.2 Å². The summed E-state index contributed by atoms with van der Waals surface area (Å²) in [6, 6.07) is 0.0233. The smallest absolute Gasteiger partial charge is 0.379 e. The van der Waals surface area contributed by atoms with Gasteiger partial charge >= 0.3 is 6.18 Å². The van der Waals surface area contributed by atoms with E-state index in [4.69, 9.17) is 10.8 Å². The molecule has 0 radical (unpaired) electrons. The molecule has 0 spiro atoms. The number of aromatic nitrogens is 2. The summed E-state index contributed by atoms with van der Waals surface area (Å²) in [4.78, 5) is 24.8. The normalized spacial score (nSPS) is 34.4. The summed E-state index contributed by atoms with van der Waals surface area (Å²) in [5.74, 6) is -0.335. The monoisotopic (exact) mass is 534 g/mol. The first-order valence-corrected chi connectivity index (χ1v) is 12.6. The molecule has 2 bridgehead atoms. The minimum absolute atomic E-state index is 0.0345. The van der Waals surface area contributed by atoms with Gasteiger partial charge in [-0.3, -0.25) is 4.79 Å². The Labute approximate surface area is 213 Å². The van der Waals surface area contributed by atoms with Gasteiger partial charge in [0.1, 0.15) is 5.69 Å². The summed E-state index contributed by atoms with van der Waals surface area (Å²) in [5, 5.41) is 3.49. The maximum Gasteiger partial charge on any atom is 0.433 e. The first-order valence-electron chi connectivity index (χ1n) is 13.3. The molecule has 1 N–H and O–H groups in total. The first kappa shape index (κ1) is 25.2. The molecule has 3 aliphatic heterocycles. The number of carbonyl (C=O) groups is 1. The standard InChI is InChI=1S/C24H32F5N5O3/c1-36-18-13-37-7-4-17(18)31-14-2-5-23(9-14,10-20(25)26)21(35)33-11-16-8-15(33)12-34(16)22-30-6-3-19(32-22)24(27,28)29/h3,6,14-18,20,31H,2,4-5,7-13H2,1H3/t14-,15+,16+,17+,18-,23+/m1/s1/i1D. The number of amides is 1. The lowest BCUT2D eigenvalue weighted by molar-refractivity contribution is -0.146. The maximum atomic E-state index is 13.8. The van der Waals surface area contributed by atoms with Crippen molar-refractivity contribution in [2.24, 2.45) is 5.41 Å². The topological polar surface area (TPSA) is 79.8 Å². The Morgan fingerprint density at radius 2 is 2.19 bits per heavy atom. The van der Waals surface area contributed by atoms with Crippen LogP contribution in [0.2, 0.25) is 0 Å². The number of nitrogens with zero attached hydrogens (tertiary/aromatic N) is 4. The molecule has 0 unspecified atom stereocenters. The zero-order valence-corrected chi connectivity index (χ0v) is 20.3. The van der Waals surface area contributed by atoms with Crippen LogP contribution in [0.15, 0.2) is 12.3 Å². The molecule has 4 fully saturated rings. The number of piperazine rings is 1. The molecule has 1 amide bonds. The van der Waals surface area contributed by atoms with Crippen LogP contribution in [-0.4, -0.2) is 90.9 Å². The van der Waals surface area contributed by atoms with E-state index in [9.17, 15) is 26.7 Å². The highest BCUT2D eigenvalue weighted by Gasteiger charge is 2.54. The van der Waals surface area contributed by atoms with Gasteiger partial charge in [0.2, 0.25) is 18.3 Å². The van der Waals surface area contributed by atoms with Crippen LogP contribution >= 0.6 is 0 Å². The van der Waals surface area contributed by atoms with Crippen molar-refractivity contribution in [2.45, 2.75) is 81.4 Å². The zero-order chi connectivity index (χ0) is 27.1. The fourth-order valence-electron chi connectivity index (χ4n) is 6.51. The van der Waals surface area contributed by atoms with Crippen LogP contribution in [0.4, 0.5) is 27.9 Å². The Hall–Kier alpha value is -2.12. The number of anilines is 1. The minimum atomic E-state index is -4.59. The summed E-state index contributed by atoms with van der Waals surface area (Å²) >= 11 is 0. The van der Waals surface area contributed by atoms with Gasteiger partial charge in [0.25, 0.3) is 0 Å². The quantitative estimate of drug-likeness (QED) is 0.539. The Balaban J connectivity index is 1.26. The number of halogens is 5. The molecule has 1 aliphatic carbocycles. The van der Waals surface area contributed by atoms with Gasteiger partial charge in [-0.1, -0.05) is 0 Å². The number of nitrogens with one attached hydrogen (secondary N) is 1.